The summed E-state index contributed by atoms with van der Waals surface area (Å²) in [5, 5.41) is 11.8. The number of rotatable bonds is 6. The molecule has 0 saturated heterocycles. The van der Waals surface area contributed by atoms with Crippen molar-refractivity contribution in [2.45, 2.75) is 50.3 Å². The molecule has 4 nitrogen and oxygen atoms in total. The van der Waals surface area contributed by atoms with Crippen LogP contribution in [0.25, 0.3) is 0 Å². The van der Waals surface area contributed by atoms with Gasteiger partial charge in [0.05, 0.1) is 10.8 Å². The number of nitrogens with one attached hydrogen (secondary N) is 1. The Labute approximate surface area is 124 Å². The highest BCUT2D eigenvalue weighted by molar-refractivity contribution is 8.00. The number of amides is 1. The minimum Gasteiger partial charge on any atom is -0.478 e. The van der Waals surface area contributed by atoms with Gasteiger partial charge in [-0.1, -0.05) is 13.0 Å². The van der Waals surface area contributed by atoms with Crippen LogP contribution in [0.2, 0.25) is 0 Å². The van der Waals surface area contributed by atoms with E-state index in [4.69, 9.17) is 5.11 Å². The van der Waals surface area contributed by atoms with Crippen LogP contribution in [0.1, 0.15) is 43.1 Å². The second kappa shape index (κ2) is 7.33. The summed E-state index contributed by atoms with van der Waals surface area (Å²) in [6.07, 6.45) is 0.886. The van der Waals surface area contributed by atoms with Gasteiger partial charge in [-0.25, -0.2) is 4.79 Å². The highest BCUT2D eigenvalue weighted by Crippen LogP contribution is 2.25. The van der Waals surface area contributed by atoms with Crippen molar-refractivity contribution in [3.63, 3.8) is 0 Å². The van der Waals surface area contributed by atoms with Gasteiger partial charge in [-0.2, -0.15) is 0 Å². The van der Waals surface area contributed by atoms with Crippen LogP contribution < -0.4 is 5.32 Å². The lowest BCUT2D eigenvalue weighted by atomic mass is 10.1. The largest absolute Gasteiger partial charge is 0.478 e. The van der Waals surface area contributed by atoms with Crippen LogP contribution >= 0.6 is 11.8 Å². The monoisotopic (exact) mass is 295 g/mol. The van der Waals surface area contributed by atoms with E-state index in [9.17, 15) is 9.59 Å². The second-order valence-corrected chi connectivity index (χ2v) is 6.27. The third kappa shape index (κ3) is 4.56. The van der Waals surface area contributed by atoms with E-state index in [2.05, 4.69) is 5.32 Å². The Bertz CT molecular complexity index is 502. The topological polar surface area (TPSA) is 66.4 Å². The van der Waals surface area contributed by atoms with Gasteiger partial charge in [-0.3, -0.25) is 4.79 Å². The molecule has 2 unspecified atom stereocenters. The smallest absolute Gasteiger partial charge is 0.335 e. The third-order valence-corrected chi connectivity index (χ3v) is 4.22. The van der Waals surface area contributed by atoms with Gasteiger partial charge in [0, 0.05) is 10.9 Å². The summed E-state index contributed by atoms with van der Waals surface area (Å²) >= 11 is 1.37. The molecule has 0 aliphatic heterocycles. The van der Waals surface area contributed by atoms with Gasteiger partial charge in [0.15, 0.2) is 0 Å². The number of carbonyl (C=O) groups is 2. The van der Waals surface area contributed by atoms with Crippen LogP contribution in [0.15, 0.2) is 23.1 Å². The summed E-state index contributed by atoms with van der Waals surface area (Å²) in [6.45, 7) is 7.56. The zero-order valence-corrected chi connectivity index (χ0v) is 13.1. The number of carbonyl (C=O) groups excluding carboxylic acids is 1. The minimum atomic E-state index is -0.943. The Kier molecular flexibility index (Phi) is 6.07. The first-order valence-electron chi connectivity index (χ1n) is 6.66. The van der Waals surface area contributed by atoms with Crippen molar-refractivity contribution in [2.75, 3.05) is 0 Å². The van der Waals surface area contributed by atoms with Gasteiger partial charge in [0.1, 0.15) is 0 Å². The Balaban J connectivity index is 2.75. The molecule has 1 aromatic carbocycles. The van der Waals surface area contributed by atoms with E-state index in [0.29, 0.717) is 0 Å². The van der Waals surface area contributed by atoms with Crippen LogP contribution in [-0.4, -0.2) is 28.3 Å². The number of carboxylic acids is 1. The molecule has 1 rings (SSSR count). The van der Waals surface area contributed by atoms with Crippen LogP contribution in [0, 0.1) is 6.92 Å². The molecule has 0 aliphatic carbocycles. The number of hydrogen-bond donors (Lipinski definition) is 2. The van der Waals surface area contributed by atoms with Crippen LogP contribution in [-0.2, 0) is 4.79 Å². The molecule has 2 atom stereocenters. The molecule has 0 saturated carbocycles. The zero-order chi connectivity index (χ0) is 15.3. The summed E-state index contributed by atoms with van der Waals surface area (Å²) in [5.74, 6) is -0.969. The Morgan fingerprint density at radius 2 is 2.00 bits per heavy atom. The van der Waals surface area contributed by atoms with Crippen LogP contribution in [0.4, 0.5) is 0 Å². The first-order valence-corrected chi connectivity index (χ1v) is 7.54. The van der Waals surface area contributed by atoms with E-state index in [1.165, 1.54) is 11.8 Å². The van der Waals surface area contributed by atoms with Gasteiger partial charge in [-0.05, 0) is 44.9 Å². The first kappa shape index (κ1) is 16.6. The summed E-state index contributed by atoms with van der Waals surface area (Å²) in [6, 6.07) is 5.39. The Morgan fingerprint density at radius 3 is 2.55 bits per heavy atom. The number of aromatic carboxylic acids is 1. The lowest BCUT2D eigenvalue weighted by Crippen LogP contribution is -2.37. The molecule has 0 heterocycles. The number of hydrogen-bond acceptors (Lipinski definition) is 3. The van der Waals surface area contributed by atoms with Crippen molar-refractivity contribution in [3.05, 3.63) is 29.3 Å². The van der Waals surface area contributed by atoms with Gasteiger partial charge >= 0.3 is 5.97 Å². The van der Waals surface area contributed by atoms with Gasteiger partial charge in [0.2, 0.25) is 5.91 Å². The fraction of sp³-hybridized carbons (Fsp3) is 0.467. The van der Waals surface area contributed by atoms with Gasteiger partial charge in [-0.15, -0.1) is 11.8 Å². The molecule has 0 spiro atoms. The molecule has 0 aliphatic rings. The molecule has 0 aromatic heterocycles. The van der Waals surface area contributed by atoms with E-state index >= 15 is 0 Å². The van der Waals surface area contributed by atoms with E-state index in [1.807, 2.05) is 26.8 Å². The minimum absolute atomic E-state index is 0.0261. The lowest BCUT2D eigenvalue weighted by Gasteiger charge is -2.16. The predicted molar refractivity (Wildman–Crippen MR) is 81.4 cm³/mol. The maximum atomic E-state index is 12.0. The third-order valence-electron chi connectivity index (χ3n) is 3.12. The molecule has 0 fully saturated rings. The van der Waals surface area contributed by atoms with E-state index in [-0.39, 0.29) is 22.8 Å². The molecular weight excluding hydrogens is 274 g/mol. The first-order chi connectivity index (χ1) is 9.35. The van der Waals surface area contributed by atoms with E-state index in [0.717, 1.165) is 16.9 Å². The van der Waals surface area contributed by atoms with Crippen molar-refractivity contribution >= 4 is 23.6 Å². The maximum absolute atomic E-state index is 12.0. The van der Waals surface area contributed by atoms with Gasteiger partial charge < -0.3 is 10.4 Å². The SMILES string of the molecule is CCC(C)NC(=O)C(C)Sc1ccc(C)c(C(=O)O)c1. The normalized spacial score (nSPS) is 13.6. The number of carboxylic acid groups (broad SMARTS) is 1. The van der Waals surface area contributed by atoms with E-state index < -0.39 is 5.97 Å². The van der Waals surface area contributed by atoms with E-state index in [1.54, 1.807) is 19.1 Å². The van der Waals surface area contributed by atoms with Crippen LogP contribution in [0.3, 0.4) is 0 Å². The zero-order valence-electron chi connectivity index (χ0n) is 12.3. The average molecular weight is 295 g/mol. The summed E-state index contributed by atoms with van der Waals surface area (Å²) in [5.41, 5.74) is 1.00. The van der Waals surface area contributed by atoms with Crippen molar-refractivity contribution in [1.82, 2.24) is 5.32 Å². The average Bonchev–Trinajstić information content (AvgIpc) is 2.40. The molecule has 110 valence electrons. The quantitative estimate of drug-likeness (QED) is 0.791. The molecule has 20 heavy (non-hydrogen) atoms. The molecule has 1 amide bonds. The number of thioether (sulfide) groups is 1. The molecular formula is C15H21NO3S. The van der Waals surface area contributed by atoms with Crippen LogP contribution in [0.5, 0.6) is 0 Å². The number of benzene rings is 1. The fourth-order valence-corrected chi connectivity index (χ4v) is 2.54. The Hall–Kier alpha value is -1.49. The van der Waals surface area contributed by atoms with Crippen molar-refractivity contribution in [2.24, 2.45) is 0 Å². The summed E-state index contributed by atoms with van der Waals surface area (Å²) in [7, 11) is 0. The van der Waals surface area contributed by atoms with Gasteiger partial charge in [0.25, 0.3) is 0 Å². The lowest BCUT2D eigenvalue weighted by molar-refractivity contribution is -0.120. The van der Waals surface area contributed by atoms with Crippen molar-refractivity contribution in [1.29, 1.82) is 0 Å². The second-order valence-electron chi connectivity index (χ2n) is 4.86. The molecule has 1 aromatic rings. The number of aryl methyl sites for hydroxylation is 1. The van der Waals surface area contributed by atoms with Crippen molar-refractivity contribution < 1.29 is 14.7 Å². The highest BCUT2D eigenvalue weighted by Gasteiger charge is 2.17. The standard InChI is InChI=1S/C15H21NO3S/c1-5-10(3)16-14(17)11(4)20-12-7-6-9(2)13(8-12)15(18)19/h6-8,10-11H,5H2,1-4H3,(H,16,17)(H,18,19). The molecule has 2 N–H and O–H groups in total. The van der Waals surface area contributed by atoms with Crippen molar-refractivity contribution in [3.8, 4) is 0 Å². The highest BCUT2D eigenvalue weighted by atomic mass is 32.2. The summed E-state index contributed by atoms with van der Waals surface area (Å²) < 4.78 is 0. The molecule has 0 bridgehead atoms. The Morgan fingerprint density at radius 1 is 1.35 bits per heavy atom. The maximum Gasteiger partial charge on any atom is 0.335 e. The molecule has 0 radical (unpaired) electrons. The summed E-state index contributed by atoms with van der Waals surface area (Å²) in [4.78, 5) is 23.8. The molecule has 5 heteroatoms. The fourth-order valence-electron chi connectivity index (χ4n) is 1.62. The predicted octanol–water partition coefficient (Wildman–Crippen LogP) is 3.09.